The van der Waals surface area contributed by atoms with Crippen molar-refractivity contribution in [1.82, 2.24) is 5.32 Å². The van der Waals surface area contributed by atoms with Crippen LogP contribution in [0.15, 0.2) is 0 Å². The minimum atomic E-state index is -2.38. The molecule has 74 valence electrons. The highest BCUT2D eigenvalue weighted by atomic mass is 32.2. The Kier molecular flexibility index (Phi) is 17.2. The van der Waals surface area contributed by atoms with Gasteiger partial charge in [-0.25, -0.2) is 0 Å². The molecule has 0 heterocycles. The zero-order valence-corrected chi connectivity index (χ0v) is 9.45. The summed E-state index contributed by atoms with van der Waals surface area (Å²) in [4.78, 5) is 7.96. The van der Waals surface area contributed by atoms with E-state index in [1.165, 1.54) is 11.8 Å². The smallest absolute Gasteiger partial charge is 0.317 e. The van der Waals surface area contributed by atoms with Crippen molar-refractivity contribution in [1.29, 1.82) is 0 Å². The fourth-order valence-electron chi connectivity index (χ4n) is 0.348. The van der Waals surface area contributed by atoms with E-state index >= 15 is 0 Å². The van der Waals surface area contributed by atoms with Crippen molar-refractivity contribution in [3.8, 4) is 0 Å². The topological polar surface area (TPSA) is 58.6 Å². The van der Waals surface area contributed by atoms with Crippen LogP contribution < -0.4 is 5.32 Å². The second-order valence-corrected chi connectivity index (χ2v) is 3.28. The molecule has 0 aliphatic carbocycles. The minimum Gasteiger partial charge on any atom is -0.317 e. The summed E-state index contributed by atoms with van der Waals surface area (Å²) in [6.45, 7) is 6.39. The average Bonchev–Trinajstić information content (AvgIpc) is 2.03. The van der Waals surface area contributed by atoms with E-state index < -0.39 is 8.25 Å². The minimum absolute atomic E-state index is 0.283. The summed E-state index contributed by atoms with van der Waals surface area (Å²) in [5.41, 5.74) is 0. The van der Waals surface area contributed by atoms with Gasteiger partial charge in [0.05, 0.1) is 0 Å². The van der Waals surface area contributed by atoms with Gasteiger partial charge in [0, 0.05) is 4.57 Å². The monoisotopic (exact) mass is 214 g/mol. The Labute approximate surface area is 79.0 Å². The number of hydrogen-bond acceptors (Lipinski definition) is 4. The Balaban J connectivity index is 0. The molecule has 0 fully saturated rings. The third-order valence-electron chi connectivity index (χ3n) is 0.781. The molecule has 0 rings (SSSR count). The standard InChI is InChI=1S/C4H11N.C2H5O3PS/c1-3-5-4-2;1-7-2-5-6(3)4/h5H,3-4H2,1-2H3;2H2,1H3/p+1. The summed E-state index contributed by atoms with van der Waals surface area (Å²) in [6, 6.07) is 0. The molecule has 0 amide bonds. The van der Waals surface area contributed by atoms with Crippen LogP contribution in [0.5, 0.6) is 0 Å². The van der Waals surface area contributed by atoms with Gasteiger partial charge in [-0.1, -0.05) is 13.8 Å². The van der Waals surface area contributed by atoms with E-state index in [0.717, 1.165) is 13.1 Å². The first-order valence-corrected chi connectivity index (χ1v) is 6.20. The highest BCUT2D eigenvalue weighted by Gasteiger charge is 2.08. The summed E-state index contributed by atoms with van der Waals surface area (Å²) in [7, 11) is -2.38. The van der Waals surface area contributed by atoms with Crippen LogP contribution in [0.3, 0.4) is 0 Å². The molecule has 0 aromatic carbocycles. The highest BCUT2D eigenvalue weighted by Crippen LogP contribution is 2.15. The normalized spacial score (nSPS) is 10.2. The molecule has 0 aliphatic rings. The molecule has 1 unspecified atom stereocenters. The van der Waals surface area contributed by atoms with Gasteiger partial charge >= 0.3 is 8.25 Å². The Hall–Kier alpha value is 0.330. The Morgan fingerprint density at radius 1 is 1.50 bits per heavy atom. The molecule has 2 N–H and O–H groups in total. The van der Waals surface area contributed by atoms with Gasteiger partial charge < -0.3 is 5.32 Å². The molecule has 0 saturated heterocycles. The first kappa shape index (κ1) is 14.8. The molecule has 0 radical (unpaired) electrons. The van der Waals surface area contributed by atoms with Crippen molar-refractivity contribution in [3.63, 3.8) is 0 Å². The Morgan fingerprint density at radius 2 is 2.00 bits per heavy atom. The lowest BCUT2D eigenvalue weighted by atomic mass is 10.7. The molecule has 0 aromatic heterocycles. The maximum Gasteiger partial charge on any atom is 0.695 e. The SMILES string of the molecule is CCNCC.CSCO[P+](=O)O. The van der Waals surface area contributed by atoms with Gasteiger partial charge in [-0.2, -0.15) is 0 Å². The van der Waals surface area contributed by atoms with E-state index in [0.29, 0.717) is 0 Å². The molecule has 1 atom stereocenters. The van der Waals surface area contributed by atoms with Crippen molar-refractivity contribution in [3.05, 3.63) is 0 Å². The van der Waals surface area contributed by atoms with Crippen molar-refractivity contribution < 1.29 is 14.0 Å². The number of hydrogen-bond donors (Lipinski definition) is 2. The third-order valence-corrected chi connectivity index (χ3v) is 1.66. The third kappa shape index (κ3) is 22.4. The summed E-state index contributed by atoms with van der Waals surface area (Å²) < 4.78 is 13.9. The molecule has 4 nitrogen and oxygen atoms in total. The van der Waals surface area contributed by atoms with Gasteiger partial charge in [0.1, 0.15) is 0 Å². The number of thioether (sulfide) groups is 1. The maximum absolute atomic E-state index is 9.67. The lowest BCUT2D eigenvalue weighted by molar-refractivity contribution is 0.331. The quantitative estimate of drug-likeness (QED) is 0.537. The zero-order valence-electron chi connectivity index (χ0n) is 7.74. The first-order valence-electron chi connectivity index (χ1n) is 3.67. The van der Waals surface area contributed by atoms with Crippen molar-refractivity contribution >= 4 is 20.0 Å². The van der Waals surface area contributed by atoms with Crippen molar-refractivity contribution in [2.45, 2.75) is 13.8 Å². The van der Waals surface area contributed by atoms with Crippen LogP contribution in [0.25, 0.3) is 0 Å². The molecule has 12 heavy (non-hydrogen) atoms. The number of rotatable bonds is 5. The largest absolute Gasteiger partial charge is 0.695 e. The van der Waals surface area contributed by atoms with E-state index in [2.05, 4.69) is 23.7 Å². The molecule has 0 aromatic rings. The predicted molar refractivity (Wildman–Crippen MR) is 53.5 cm³/mol. The van der Waals surface area contributed by atoms with E-state index in [1.807, 2.05) is 0 Å². The van der Waals surface area contributed by atoms with E-state index in [-0.39, 0.29) is 5.94 Å². The van der Waals surface area contributed by atoms with Gasteiger partial charge in [0.2, 0.25) is 0 Å². The molecular weight excluding hydrogens is 197 g/mol. The Morgan fingerprint density at radius 3 is 2.08 bits per heavy atom. The van der Waals surface area contributed by atoms with Gasteiger partial charge in [-0.15, -0.1) is 21.2 Å². The fourth-order valence-corrected chi connectivity index (χ4v) is 1.13. The van der Waals surface area contributed by atoms with E-state index in [1.54, 1.807) is 6.26 Å². The molecule has 0 bridgehead atoms. The lowest BCUT2D eigenvalue weighted by Gasteiger charge is -1.86. The second-order valence-electron chi connectivity index (χ2n) is 1.73. The van der Waals surface area contributed by atoms with Gasteiger partial charge in [-0.05, 0) is 19.3 Å². The summed E-state index contributed by atoms with van der Waals surface area (Å²) in [5.74, 6) is 0.283. The maximum atomic E-state index is 9.67. The molecule has 0 saturated carbocycles. The fraction of sp³-hybridized carbons (Fsp3) is 1.00. The zero-order chi connectivity index (χ0) is 9.82. The molecular formula is C6H17NO3PS+. The highest BCUT2D eigenvalue weighted by molar-refractivity contribution is 7.98. The van der Waals surface area contributed by atoms with Crippen LogP contribution in [0.2, 0.25) is 0 Å². The van der Waals surface area contributed by atoms with Gasteiger partial charge in [0.15, 0.2) is 5.94 Å². The predicted octanol–water partition coefficient (Wildman–Crippen LogP) is 1.59. The van der Waals surface area contributed by atoms with Crippen LogP contribution in [0.4, 0.5) is 0 Å². The molecule has 0 spiro atoms. The van der Waals surface area contributed by atoms with Crippen LogP contribution >= 0.6 is 20.0 Å². The van der Waals surface area contributed by atoms with E-state index in [4.69, 9.17) is 4.89 Å². The average molecular weight is 214 g/mol. The first-order chi connectivity index (χ1) is 5.68. The summed E-state index contributed by atoms with van der Waals surface area (Å²) in [6.07, 6.45) is 1.79. The van der Waals surface area contributed by atoms with Crippen molar-refractivity contribution in [2.75, 3.05) is 25.3 Å². The summed E-state index contributed by atoms with van der Waals surface area (Å²) >= 11 is 1.36. The lowest BCUT2D eigenvalue weighted by Crippen LogP contribution is -2.09. The molecule has 0 aliphatic heterocycles. The van der Waals surface area contributed by atoms with Gasteiger partial charge in [0.25, 0.3) is 0 Å². The van der Waals surface area contributed by atoms with Crippen LogP contribution in [0.1, 0.15) is 13.8 Å². The Bertz CT molecular complexity index is 103. The van der Waals surface area contributed by atoms with Crippen LogP contribution in [0, 0.1) is 0 Å². The molecule has 6 heteroatoms. The van der Waals surface area contributed by atoms with Crippen LogP contribution in [-0.4, -0.2) is 30.2 Å². The van der Waals surface area contributed by atoms with Crippen LogP contribution in [-0.2, 0) is 9.09 Å². The van der Waals surface area contributed by atoms with Crippen molar-refractivity contribution in [2.24, 2.45) is 0 Å². The second kappa shape index (κ2) is 13.9. The summed E-state index contributed by atoms with van der Waals surface area (Å²) in [5, 5.41) is 3.11. The van der Waals surface area contributed by atoms with Gasteiger partial charge in [-0.3, -0.25) is 0 Å². The van der Waals surface area contributed by atoms with E-state index in [9.17, 15) is 4.57 Å². The number of nitrogens with one attached hydrogen (secondary N) is 1.